The van der Waals surface area contributed by atoms with Crippen molar-refractivity contribution in [1.82, 2.24) is 21.7 Å². The Morgan fingerprint density at radius 1 is 0.284 bits per heavy atom. The monoisotopic (exact) mass is 890 g/mol. The van der Waals surface area contributed by atoms with Gasteiger partial charge in [-0.1, -0.05) is 139 Å². The van der Waals surface area contributed by atoms with Crippen LogP contribution >= 0.6 is 0 Å². The molecule has 0 bridgehead atoms. The number of aryl methyl sites for hydroxylation is 3. The molecule has 67 heavy (non-hydrogen) atoms. The number of carbonyl (C=O) groups is 4. The Balaban J connectivity index is 0.000000167. The maximum absolute atomic E-state index is 11.8. The van der Waals surface area contributed by atoms with Gasteiger partial charge >= 0.3 is 0 Å². The summed E-state index contributed by atoms with van der Waals surface area (Å²) in [4.78, 5) is 46.8. The molecule has 0 fully saturated rings. The van der Waals surface area contributed by atoms with Gasteiger partial charge in [-0.3, -0.25) is 62.6 Å². The Hall–Kier alpha value is -9.16. The van der Waals surface area contributed by atoms with Crippen LogP contribution in [0.1, 0.15) is 58.1 Å². The third kappa shape index (κ3) is 17.9. The fourth-order valence-corrected chi connectivity index (χ4v) is 5.75. The zero-order chi connectivity index (χ0) is 47.5. The summed E-state index contributed by atoms with van der Waals surface area (Å²) in [6.07, 6.45) is 0. The molecule has 8 N–H and O–H groups in total. The zero-order valence-corrected chi connectivity index (χ0v) is 37.5. The first kappa shape index (κ1) is 48.9. The van der Waals surface area contributed by atoms with E-state index in [1.807, 2.05) is 197 Å². The predicted molar refractivity (Wildman–Crippen MR) is 270 cm³/mol. The number of hydrogen-bond acceptors (Lipinski definition) is 8. The Labute approximate surface area is 391 Å². The lowest BCUT2D eigenvalue weighted by Crippen LogP contribution is -2.29. The van der Waals surface area contributed by atoms with E-state index in [1.165, 1.54) is 5.56 Å². The topological polar surface area (TPSA) is 165 Å². The normalized spacial score (nSPS) is 9.66. The fourth-order valence-electron chi connectivity index (χ4n) is 5.75. The third-order valence-corrected chi connectivity index (χ3v) is 9.40. The maximum Gasteiger partial charge on any atom is 0.269 e. The van der Waals surface area contributed by atoms with Gasteiger partial charge in [-0.25, -0.2) is 0 Å². The molecule has 0 saturated heterocycles. The lowest BCUT2D eigenvalue weighted by atomic mass is 10.2. The predicted octanol–water partition coefficient (Wildman–Crippen LogP) is 10.7. The molecule has 0 aromatic heterocycles. The smallest absolute Gasteiger partial charge is 0.269 e. The first-order chi connectivity index (χ1) is 32.6. The van der Waals surface area contributed by atoms with Gasteiger partial charge in [0.25, 0.3) is 23.6 Å². The number of hydrogen-bond donors (Lipinski definition) is 8. The molecule has 8 rings (SSSR count). The molecule has 0 atom stereocenters. The molecule has 12 nitrogen and oxygen atoms in total. The molecule has 0 aliphatic rings. The van der Waals surface area contributed by atoms with Crippen LogP contribution < -0.4 is 43.4 Å². The van der Waals surface area contributed by atoms with Crippen molar-refractivity contribution in [2.24, 2.45) is 0 Å². The van der Waals surface area contributed by atoms with Crippen LogP contribution in [-0.4, -0.2) is 23.6 Å². The number of anilines is 4. The summed E-state index contributed by atoms with van der Waals surface area (Å²) in [5.74, 6) is -0.586. The minimum Gasteiger partial charge on any atom is -0.298 e. The molecule has 0 spiro atoms. The lowest BCUT2D eigenvalue weighted by molar-refractivity contribution is 0.0954. The molecule has 0 aliphatic heterocycles. The number of rotatable bonds is 12. The number of para-hydroxylation sites is 2. The van der Waals surface area contributed by atoms with E-state index in [-0.39, 0.29) is 23.6 Å². The van der Waals surface area contributed by atoms with E-state index in [9.17, 15) is 19.2 Å². The van der Waals surface area contributed by atoms with E-state index in [0.717, 1.165) is 33.9 Å². The average molecular weight is 891 g/mol. The highest BCUT2D eigenvalue weighted by Gasteiger charge is 2.06. The molecule has 8 aromatic carbocycles. The Morgan fingerprint density at radius 3 is 1.01 bits per heavy atom. The Morgan fingerprint density at radius 2 is 0.612 bits per heavy atom. The number of hydrazine groups is 4. The molecule has 0 aliphatic carbocycles. The summed E-state index contributed by atoms with van der Waals surface area (Å²) in [5.41, 5.74) is 31.5. The van der Waals surface area contributed by atoms with Gasteiger partial charge in [0, 0.05) is 22.3 Å². The molecule has 338 valence electrons. The second-order valence-corrected chi connectivity index (χ2v) is 14.7. The van der Waals surface area contributed by atoms with E-state index in [1.54, 1.807) is 48.5 Å². The van der Waals surface area contributed by atoms with Gasteiger partial charge in [-0.2, -0.15) is 0 Å². The number of benzene rings is 8. The van der Waals surface area contributed by atoms with Crippen molar-refractivity contribution >= 4 is 46.4 Å². The molecule has 0 heterocycles. The van der Waals surface area contributed by atoms with Gasteiger partial charge in [0.2, 0.25) is 0 Å². The van der Waals surface area contributed by atoms with Crippen molar-refractivity contribution in [1.29, 1.82) is 0 Å². The second kappa shape index (κ2) is 27.1. The van der Waals surface area contributed by atoms with Crippen LogP contribution in [-0.2, 0) is 0 Å². The van der Waals surface area contributed by atoms with Gasteiger partial charge in [0.15, 0.2) is 0 Å². The first-order valence-corrected chi connectivity index (χ1v) is 21.3. The second-order valence-electron chi connectivity index (χ2n) is 14.7. The highest BCUT2D eigenvalue weighted by Crippen LogP contribution is 2.13. The summed E-state index contributed by atoms with van der Waals surface area (Å²) >= 11 is 0. The zero-order valence-electron chi connectivity index (χ0n) is 37.5. The minimum atomic E-state index is -0.149. The molecular formula is C55H54N8O4. The van der Waals surface area contributed by atoms with Gasteiger partial charge in [0.05, 0.1) is 22.7 Å². The molecule has 8 aromatic rings. The van der Waals surface area contributed by atoms with Crippen LogP contribution in [0.15, 0.2) is 224 Å². The van der Waals surface area contributed by atoms with Gasteiger partial charge in [-0.05, 0) is 123 Å². The number of amides is 4. The van der Waals surface area contributed by atoms with Crippen molar-refractivity contribution in [2.75, 3.05) is 21.7 Å². The number of carbonyl (C=O) groups excluding carboxylic acids is 4. The maximum atomic E-state index is 11.8. The van der Waals surface area contributed by atoms with Crippen LogP contribution in [0.3, 0.4) is 0 Å². The fraction of sp³-hybridized carbons (Fsp3) is 0.0545. The molecule has 0 radical (unpaired) electrons. The molecule has 12 heteroatoms. The van der Waals surface area contributed by atoms with E-state index >= 15 is 0 Å². The van der Waals surface area contributed by atoms with Crippen molar-refractivity contribution in [3.8, 4) is 0 Å². The van der Waals surface area contributed by atoms with Crippen LogP contribution in [0.25, 0.3) is 0 Å². The molecule has 0 unspecified atom stereocenters. The average Bonchev–Trinajstić information content (AvgIpc) is 3.38. The Kier molecular flexibility index (Phi) is 19.8. The molecular weight excluding hydrogens is 837 g/mol. The van der Waals surface area contributed by atoms with E-state index in [4.69, 9.17) is 0 Å². The van der Waals surface area contributed by atoms with Crippen LogP contribution in [0, 0.1) is 20.8 Å². The lowest BCUT2D eigenvalue weighted by Gasteiger charge is -2.10. The highest BCUT2D eigenvalue weighted by atomic mass is 16.2. The van der Waals surface area contributed by atoms with E-state index < -0.39 is 0 Å². The van der Waals surface area contributed by atoms with Crippen molar-refractivity contribution in [2.45, 2.75) is 20.8 Å². The van der Waals surface area contributed by atoms with Gasteiger partial charge in [-0.15, -0.1) is 0 Å². The first-order valence-electron chi connectivity index (χ1n) is 21.3. The van der Waals surface area contributed by atoms with Crippen molar-refractivity contribution in [3.63, 3.8) is 0 Å². The number of nitrogens with one attached hydrogen (secondary N) is 8. The summed E-state index contributed by atoms with van der Waals surface area (Å²) in [5, 5.41) is 0. The summed E-state index contributed by atoms with van der Waals surface area (Å²) < 4.78 is 0. The summed E-state index contributed by atoms with van der Waals surface area (Å²) in [6, 6.07) is 69.2. The van der Waals surface area contributed by atoms with Crippen molar-refractivity contribution in [3.05, 3.63) is 263 Å². The highest BCUT2D eigenvalue weighted by molar-refractivity contribution is 5.96. The van der Waals surface area contributed by atoms with E-state index in [2.05, 4.69) is 43.4 Å². The quantitative estimate of drug-likeness (QED) is 0.0562. The van der Waals surface area contributed by atoms with Crippen LogP contribution in [0.5, 0.6) is 0 Å². The van der Waals surface area contributed by atoms with Crippen LogP contribution in [0.4, 0.5) is 22.7 Å². The van der Waals surface area contributed by atoms with Crippen LogP contribution in [0.2, 0.25) is 0 Å². The minimum absolute atomic E-state index is 0.145. The largest absolute Gasteiger partial charge is 0.298 e. The van der Waals surface area contributed by atoms with Gasteiger partial charge in [0.1, 0.15) is 0 Å². The molecule has 0 saturated carbocycles. The third-order valence-electron chi connectivity index (χ3n) is 9.40. The summed E-state index contributed by atoms with van der Waals surface area (Å²) in [7, 11) is 0. The SMILES string of the molecule is Cc1ccc(NNC(=O)c2ccccc2)cc1.Cc1cccc(NNC(=O)c2ccccc2)c1.Cc1ccccc1NNC(=O)c1ccccc1.O=C(NNc1ccccc1)c1ccccc1. The summed E-state index contributed by atoms with van der Waals surface area (Å²) in [6.45, 7) is 6.01. The van der Waals surface area contributed by atoms with Crippen molar-refractivity contribution < 1.29 is 19.2 Å². The van der Waals surface area contributed by atoms with E-state index in [0.29, 0.717) is 22.3 Å². The van der Waals surface area contributed by atoms with Gasteiger partial charge < -0.3 is 0 Å². The standard InChI is InChI=1S/3C14H14N2O.C13H12N2O/c1-11-7-5-6-10-13(11)15-16-14(17)12-8-3-2-4-9-12;1-11-6-5-9-13(10-11)15-16-14(17)12-7-3-2-4-8-12;1-11-7-9-13(10-8-11)15-16-14(17)12-5-3-2-4-6-12;16-13(11-7-3-1-4-8-11)15-14-12-9-5-2-6-10-12/h3*2-10,15H,1H3,(H,16,17);1-10,14H,(H,15,16). The Bertz CT molecular complexity index is 2730. The molecule has 4 amide bonds.